The van der Waals surface area contributed by atoms with E-state index < -0.39 is 17.7 Å². The lowest BCUT2D eigenvalue weighted by atomic mass is 9.97. The molecule has 0 unspecified atom stereocenters. The molecule has 1 aliphatic heterocycles. The van der Waals surface area contributed by atoms with Crippen LogP contribution in [0.15, 0.2) is 18.2 Å². The number of piperidine rings is 1. The van der Waals surface area contributed by atoms with Gasteiger partial charge < -0.3 is 15.4 Å². The molecule has 1 aromatic carbocycles. The zero-order chi connectivity index (χ0) is 16.8. The van der Waals surface area contributed by atoms with E-state index in [0.717, 1.165) is 13.1 Å². The van der Waals surface area contributed by atoms with E-state index >= 15 is 0 Å². The van der Waals surface area contributed by atoms with E-state index in [1.54, 1.807) is 12.1 Å². The lowest BCUT2D eigenvalue weighted by Gasteiger charge is -2.21. The standard InChI is InChI=1S/C15H18ClN3O4/c1-23-12-3-2-10(16)8-11(12)18-14(21)15(22)19-13(20)9-4-6-17-7-5-9/h2-3,8-9,17H,4-7H2,1H3,(H,18,21)(H,19,20,22). The van der Waals surface area contributed by atoms with Crippen molar-refractivity contribution >= 4 is 35.0 Å². The van der Waals surface area contributed by atoms with Crippen LogP contribution in [0.5, 0.6) is 5.75 Å². The summed E-state index contributed by atoms with van der Waals surface area (Å²) in [7, 11) is 1.43. The van der Waals surface area contributed by atoms with Crippen LogP contribution < -0.4 is 20.7 Å². The lowest BCUT2D eigenvalue weighted by molar-refractivity contribution is -0.141. The molecule has 8 heteroatoms. The number of carbonyl (C=O) groups is 3. The summed E-state index contributed by atoms with van der Waals surface area (Å²) in [4.78, 5) is 35.7. The number of nitrogens with one attached hydrogen (secondary N) is 3. The molecule has 0 aliphatic carbocycles. The van der Waals surface area contributed by atoms with Gasteiger partial charge in [-0.05, 0) is 44.1 Å². The highest BCUT2D eigenvalue weighted by molar-refractivity contribution is 6.42. The topological polar surface area (TPSA) is 96.5 Å². The summed E-state index contributed by atoms with van der Waals surface area (Å²) in [6.45, 7) is 1.44. The number of hydrogen-bond acceptors (Lipinski definition) is 5. The fourth-order valence-electron chi connectivity index (χ4n) is 2.31. The van der Waals surface area contributed by atoms with Gasteiger partial charge in [0, 0.05) is 10.9 Å². The summed E-state index contributed by atoms with van der Waals surface area (Å²) in [6, 6.07) is 4.62. The summed E-state index contributed by atoms with van der Waals surface area (Å²) in [6.07, 6.45) is 1.28. The Labute approximate surface area is 138 Å². The number of benzene rings is 1. The van der Waals surface area contributed by atoms with Crippen molar-refractivity contribution in [1.82, 2.24) is 10.6 Å². The van der Waals surface area contributed by atoms with Gasteiger partial charge in [0.15, 0.2) is 0 Å². The van der Waals surface area contributed by atoms with E-state index in [9.17, 15) is 14.4 Å². The van der Waals surface area contributed by atoms with Crippen LogP contribution in [0.1, 0.15) is 12.8 Å². The molecule has 124 valence electrons. The molecular weight excluding hydrogens is 322 g/mol. The fourth-order valence-corrected chi connectivity index (χ4v) is 2.48. The van der Waals surface area contributed by atoms with Crippen LogP contribution in [-0.4, -0.2) is 37.9 Å². The third kappa shape index (κ3) is 4.67. The number of ether oxygens (including phenoxy) is 1. The molecular formula is C15H18ClN3O4. The summed E-state index contributed by atoms with van der Waals surface area (Å²) in [5, 5.41) is 8.02. The molecule has 2 rings (SSSR count). The largest absolute Gasteiger partial charge is 0.495 e. The number of hydrogen-bond donors (Lipinski definition) is 3. The molecule has 1 heterocycles. The minimum atomic E-state index is -1.00. The molecule has 0 aromatic heterocycles. The van der Waals surface area contributed by atoms with Gasteiger partial charge >= 0.3 is 11.8 Å². The molecule has 23 heavy (non-hydrogen) atoms. The molecule has 0 atom stereocenters. The molecule has 7 nitrogen and oxygen atoms in total. The van der Waals surface area contributed by atoms with Crippen LogP contribution in [0.3, 0.4) is 0 Å². The average molecular weight is 340 g/mol. The van der Waals surface area contributed by atoms with Gasteiger partial charge in [-0.25, -0.2) is 0 Å². The smallest absolute Gasteiger partial charge is 0.316 e. The van der Waals surface area contributed by atoms with Crippen molar-refractivity contribution in [2.24, 2.45) is 5.92 Å². The molecule has 3 N–H and O–H groups in total. The predicted octanol–water partition coefficient (Wildman–Crippen LogP) is 0.929. The zero-order valence-corrected chi connectivity index (χ0v) is 13.4. The molecule has 0 radical (unpaired) electrons. The highest BCUT2D eigenvalue weighted by atomic mass is 35.5. The monoisotopic (exact) mass is 339 g/mol. The van der Waals surface area contributed by atoms with E-state index in [4.69, 9.17) is 16.3 Å². The van der Waals surface area contributed by atoms with E-state index in [1.807, 2.05) is 0 Å². The highest BCUT2D eigenvalue weighted by Gasteiger charge is 2.25. The number of halogens is 1. The van der Waals surface area contributed by atoms with Gasteiger partial charge in [-0.3, -0.25) is 19.7 Å². The summed E-state index contributed by atoms with van der Waals surface area (Å²) < 4.78 is 5.08. The average Bonchev–Trinajstić information content (AvgIpc) is 2.55. The Morgan fingerprint density at radius 2 is 1.91 bits per heavy atom. The third-order valence-corrected chi connectivity index (χ3v) is 3.80. The summed E-state index contributed by atoms with van der Waals surface area (Å²) >= 11 is 5.86. The van der Waals surface area contributed by atoms with E-state index in [2.05, 4.69) is 16.0 Å². The zero-order valence-electron chi connectivity index (χ0n) is 12.6. The van der Waals surface area contributed by atoms with Crippen molar-refractivity contribution in [2.45, 2.75) is 12.8 Å². The Kier molecular flexibility index (Phi) is 5.95. The van der Waals surface area contributed by atoms with Gasteiger partial charge in [0.05, 0.1) is 12.8 Å². The first-order valence-electron chi connectivity index (χ1n) is 7.21. The van der Waals surface area contributed by atoms with Gasteiger partial charge in [-0.15, -0.1) is 0 Å². The molecule has 1 aromatic rings. The fraction of sp³-hybridized carbons (Fsp3) is 0.400. The summed E-state index contributed by atoms with van der Waals surface area (Å²) in [5.74, 6) is -2.28. The van der Waals surface area contributed by atoms with Crippen molar-refractivity contribution in [3.63, 3.8) is 0 Å². The Hall–Kier alpha value is -2.12. The SMILES string of the molecule is COc1ccc(Cl)cc1NC(=O)C(=O)NC(=O)C1CCNCC1. The third-order valence-electron chi connectivity index (χ3n) is 3.56. The van der Waals surface area contributed by atoms with Crippen molar-refractivity contribution in [2.75, 3.05) is 25.5 Å². The first-order valence-corrected chi connectivity index (χ1v) is 7.59. The van der Waals surface area contributed by atoms with Crippen molar-refractivity contribution in [3.8, 4) is 5.75 Å². The van der Waals surface area contributed by atoms with E-state index in [-0.39, 0.29) is 11.6 Å². The van der Waals surface area contributed by atoms with Gasteiger partial charge in [0.25, 0.3) is 0 Å². The van der Waals surface area contributed by atoms with Crippen LogP contribution in [0.2, 0.25) is 5.02 Å². The van der Waals surface area contributed by atoms with Crippen LogP contribution in [-0.2, 0) is 14.4 Å². The Bertz CT molecular complexity index is 615. The van der Waals surface area contributed by atoms with Crippen LogP contribution in [0.25, 0.3) is 0 Å². The number of amides is 3. The van der Waals surface area contributed by atoms with Gasteiger partial charge in [-0.2, -0.15) is 0 Å². The van der Waals surface area contributed by atoms with Crippen molar-refractivity contribution < 1.29 is 19.1 Å². The van der Waals surface area contributed by atoms with Crippen LogP contribution in [0.4, 0.5) is 5.69 Å². The normalized spacial score (nSPS) is 14.9. The predicted molar refractivity (Wildman–Crippen MR) is 85.4 cm³/mol. The molecule has 3 amide bonds. The Morgan fingerprint density at radius 3 is 2.57 bits per heavy atom. The number of imide groups is 1. The second-order valence-corrected chi connectivity index (χ2v) is 5.58. The van der Waals surface area contributed by atoms with Gasteiger partial charge in [0.1, 0.15) is 5.75 Å². The number of carbonyl (C=O) groups excluding carboxylic acids is 3. The molecule has 1 aliphatic rings. The maximum Gasteiger partial charge on any atom is 0.316 e. The number of methoxy groups -OCH3 is 1. The Balaban J connectivity index is 1.96. The Morgan fingerprint density at radius 1 is 1.22 bits per heavy atom. The van der Waals surface area contributed by atoms with Gasteiger partial charge in [-0.1, -0.05) is 11.6 Å². The maximum absolute atomic E-state index is 12.0. The quantitative estimate of drug-likeness (QED) is 0.712. The van der Waals surface area contributed by atoms with Gasteiger partial charge in [0.2, 0.25) is 5.91 Å². The lowest BCUT2D eigenvalue weighted by Crippen LogP contribution is -2.44. The van der Waals surface area contributed by atoms with Crippen molar-refractivity contribution in [1.29, 1.82) is 0 Å². The minimum absolute atomic E-state index is 0.256. The second-order valence-electron chi connectivity index (χ2n) is 5.14. The van der Waals surface area contributed by atoms with Crippen molar-refractivity contribution in [3.05, 3.63) is 23.2 Å². The molecule has 1 fully saturated rings. The highest BCUT2D eigenvalue weighted by Crippen LogP contribution is 2.27. The van der Waals surface area contributed by atoms with Crippen LogP contribution >= 0.6 is 11.6 Å². The van der Waals surface area contributed by atoms with E-state index in [1.165, 1.54) is 13.2 Å². The summed E-state index contributed by atoms with van der Waals surface area (Å²) in [5.41, 5.74) is 0.259. The molecule has 0 saturated carbocycles. The molecule has 1 saturated heterocycles. The number of anilines is 1. The molecule has 0 bridgehead atoms. The second kappa shape index (κ2) is 7.94. The van der Waals surface area contributed by atoms with E-state index in [0.29, 0.717) is 23.6 Å². The molecule has 0 spiro atoms. The maximum atomic E-state index is 12.0. The minimum Gasteiger partial charge on any atom is -0.495 e. The first-order chi connectivity index (χ1) is 11.0. The number of rotatable bonds is 3. The first kappa shape index (κ1) is 17.2. The van der Waals surface area contributed by atoms with Crippen LogP contribution in [0, 0.1) is 5.92 Å².